The SMILES string of the molecule is CCCCCCOc1ccccc1/C=C1/C(=O)N(c2ccccc2)N=C1c1ccccc1. The van der Waals surface area contributed by atoms with Crippen LogP contribution in [0.25, 0.3) is 6.08 Å². The predicted octanol–water partition coefficient (Wildman–Crippen LogP) is 6.48. The summed E-state index contributed by atoms with van der Waals surface area (Å²) in [6, 6.07) is 27.2. The van der Waals surface area contributed by atoms with Crippen molar-refractivity contribution in [3.8, 4) is 5.75 Å². The van der Waals surface area contributed by atoms with Gasteiger partial charge in [0.15, 0.2) is 0 Å². The van der Waals surface area contributed by atoms with Crippen LogP contribution in [-0.4, -0.2) is 18.2 Å². The molecule has 4 nitrogen and oxygen atoms in total. The molecule has 1 aliphatic heterocycles. The number of hydrogen-bond acceptors (Lipinski definition) is 3. The molecule has 32 heavy (non-hydrogen) atoms. The van der Waals surface area contributed by atoms with Gasteiger partial charge in [0.1, 0.15) is 11.5 Å². The molecule has 0 saturated heterocycles. The van der Waals surface area contributed by atoms with Gasteiger partial charge in [-0.2, -0.15) is 10.1 Å². The van der Waals surface area contributed by atoms with Crippen molar-refractivity contribution in [1.82, 2.24) is 0 Å². The van der Waals surface area contributed by atoms with Crippen molar-refractivity contribution in [3.05, 3.63) is 102 Å². The first-order valence-electron chi connectivity index (χ1n) is 11.3. The van der Waals surface area contributed by atoms with Gasteiger partial charge in [0.2, 0.25) is 0 Å². The van der Waals surface area contributed by atoms with Crippen LogP contribution in [0.15, 0.2) is 95.6 Å². The van der Waals surface area contributed by atoms with Gasteiger partial charge in [0.25, 0.3) is 5.91 Å². The van der Waals surface area contributed by atoms with E-state index < -0.39 is 0 Å². The molecular formula is C28H28N2O2. The number of hydrazone groups is 1. The molecule has 0 radical (unpaired) electrons. The number of hydrogen-bond donors (Lipinski definition) is 0. The Balaban J connectivity index is 1.67. The van der Waals surface area contributed by atoms with Crippen molar-refractivity contribution in [2.45, 2.75) is 32.6 Å². The van der Waals surface area contributed by atoms with Gasteiger partial charge in [-0.25, -0.2) is 0 Å². The molecule has 0 unspecified atom stereocenters. The molecule has 3 aromatic carbocycles. The molecule has 3 aromatic rings. The van der Waals surface area contributed by atoms with Crippen molar-refractivity contribution in [3.63, 3.8) is 0 Å². The number of nitrogens with zero attached hydrogens (tertiary/aromatic N) is 2. The van der Waals surface area contributed by atoms with E-state index >= 15 is 0 Å². The van der Waals surface area contributed by atoms with E-state index in [1.807, 2.05) is 91.0 Å². The van der Waals surface area contributed by atoms with Crippen molar-refractivity contribution in [1.29, 1.82) is 0 Å². The molecule has 1 heterocycles. The van der Waals surface area contributed by atoms with E-state index in [0.717, 1.165) is 35.4 Å². The fourth-order valence-electron chi connectivity index (χ4n) is 3.70. The summed E-state index contributed by atoms with van der Waals surface area (Å²) in [6.45, 7) is 2.87. The Hall–Kier alpha value is -3.66. The number of carbonyl (C=O) groups is 1. The van der Waals surface area contributed by atoms with Crippen LogP contribution in [-0.2, 0) is 4.79 Å². The summed E-state index contributed by atoms with van der Waals surface area (Å²) in [6.07, 6.45) is 6.50. The van der Waals surface area contributed by atoms with E-state index in [-0.39, 0.29) is 5.91 Å². The standard InChI is InChI=1S/C28H28N2O2/c1-2-3-4-13-20-32-26-19-12-11-16-23(26)21-25-27(22-14-7-5-8-15-22)29-30(28(25)31)24-17-9-6-10-18-24/h5-12,14-19,21H,2-4,13,20H2,1H3/b25-21+. The van der Waals surface area contributed by atoms with Gasteiger partial charge in [0.05, 0.1) is 17.9 Å². The maximum Gasteiger partial charge on any atom is 0.281 e. The fourth-order valence-corrected chi connectivity index (χ4v) is 3.70. The smallest absolute Gasteiger partial charge is 0.281 e. The van der Waals surface area contributed by atoms with Crippen molar-refractivity contribution in [2.24, 2.45) is 5.10 Å². The van der Waals surface area contributed by atoms with E-state index in [2.05, 4.69) is 6.92 Å². The lowest BCUT2D eigenvalue weighted by Gasteiger charge is -2.12. The van der Waals surface area contributed by atoms with Crippen LogP contribution in [0.3, 0.4) is 0 Å². The van der Waals surface area contributed by atoms with Crippen LogP contribution in [0.1, 0.15) is 43.7 Å². The number of benzene rings is 3. The molecule has 0 bridgehead atoms. The topological polar surface area (TPSA) is 41.9 Å². The van der Waals surface area contributed by atoms with Gasteiger partial charge in [-0.15, -0.1) is 0 Å². The predicted molar refractivity (Wildman–Crippen MR) is 131 cm³/mol. The van der Waals surface area contributed by atoms with E-state index in [0.29, 0.717) is 17.9 Å². The van der Waals surface area contributed by atoms with Gasteiger partial charge >= 0.3 is 0 Å². The van der Waals surface area contributed by atoms with Gasteiger partial charge < -0.3 is 4.74 Å². The fraction of sp³-hybridized carbons (Fsp3) is 0.214. The molecule has 0 aromatic heterocycles. The Morgan fingerprint density at radius 2 is 1.53 bits per heavy atom. The third kappa shape index (κ3) is 4.97. The number of anilines is 1. The van der Waals surface area contributed by atoms with E-state index in [1.54, 1.807) is 0 Å². The second kappa shape index (κ2) is 10.6. The molecule has 162 valence electrons. The summed E-state index contributed by atoms with van der Waals surface area (Å²) in [5.74, 6) is 0.641. The Morgan fingerprint density at radius 3 is 2.28 bits per heavy atom. The lowest BCUT2D eigenvalue weighted by molar-refractivity contribution is -0.114. The van der Waals surface area contributed by atoms with E-state index in [1.165, 1.54) is 17.9 Å². The number of ether oxygens (including phenoxy) is 1. The monoisotopic (exact) mass is 424 g/mol. The average Bonchev–Trinajstić information content (AvgIpc) is 3.17. The normalized spacial score (nSPS) is 14.7. The van der Waals surface area contributed by atoms with Crippen LogP contribution in [0.4, 0.5) is 5.69 Å². The summed E-state index contributed by atoms with van der Waals surface area (Å²) in [7, 11) is 0. The van der Waals surface area contributed by atoms with Crippen molar-refractivity contribution >= 4 is 23.4 Å². The number of rotatable bonds is 9. The van der Waals surface area contributed by atoms with Gasteiger partial charge in [-0.3, -0.25) is 4.79 Å². The second-order valence-corrected chi connectivity index (χ2v) is 7.77. The summed E-state index contributed by atoms with van der Waals surface area (Å²) in [5, 5.41) is 6.18. The summed E-state index contributed by atoms with van der Waals surface area (Å²) >= 11 is 0. The minimum atomic E-state index is -0.146. The number of amides is 1. The molecule has 0 fully saturated rings. The molecule has 1 amide bonds. The summed E-state index contributed by atoms with van der Waals surface area (Å²) in [4.78, 5) is 13.4. The lowest BCUT2D eigenvalue weighted by atomic mass is 10.00. The maximum atomic E-state index is 13.4. The zero-order chi connectivity index (χ0) is 22.2. The largest absolute Gasteiger partial charge is 0.493 e. The Kier molecular flexibility index (Phi) is 7.13. The molecule has 0 saturated carbocycles. The third-order valence-electron chi connectivity index (χ3n) is 5.40. The van der Waals surface area contributed by atoms with Crippen LogP contribution in [0.5, 0.6) is 5.75 Å². The highest BCUT2D eigenvalue weighted by Crippen LogP contribution is 2.30. The molecular weight excluding hydrogens is 396 g/mol. The van der Waals surface area contributed by atoms with Crippen LogP contribution in [0, 0.1) is 0 Å². The molecule has 4 heteroatoms. The zero-order valence-corrected chi connectivity index (χ0v) is 18.4. The zero-order valence-electron chi connectivity index (χ0n) is 18.4. The van der Waals surface area contributed by atoms with Crippen molar-refractivity contribution in [2.75, 3.05) is 11.6 Å². The first-order valence-corrected chi connectivity index (χ1v) is 11.3. The molecule has 0 aliphatic carbocycles. The van der Waals surface area contributed by atoms with Gasteiger partial charge in [-0.1, -0.05) is 92.9 Å². The maximum absolute atomic E-state index is 13.4. The van der Waals surface area contributed by atoms with Crippen LogP contribution < -0.4 is 9.75 Å². The van der Waals surface area contributed by atoms with Gasteiger partial charge in [-0.05, 0) is 30.7 Å². The molecule has 4 rings (SSSR count). The molecule has 0 N–H and O–H groups in total. The highest BCUT2D eigenvalue weighted by molar-refractivity contribution is 6.37. The summed E-state index contributed by atoms with van der Waals surface area (Å²) in [5.41, 5.74) is 3.75. The minimum Gasteiger partial charge on any atom is -0.493 e. The van der Waals surface area contributed by atoms with Crippen LogP contribution >= 0.6 is 0 Å². The van der Waals surface area contributed by atoms with Crippen LogP contribution in [0.2, 0.25) is 0 Å². The Labute approximate surface area is 189 Å². The Bertz CT molecular complexity index is 1100. The minimum absolute atomic E-state index is 0.146. The highest BCUT2D eigenvalue weighted by atomic mass is 16.5. The molecule has 0 atom stereocenters. The van der Waals surface area contributed by atoms with Crippen molar-refractivity contribution < 1.29 is 9.53 Å². The van der Waals surface area contributed by atoms with E-state index in [9.17, 15) is 4.79 Å². The Morgan fingerprint density at radius 1 is 0.844 bits per heavy atom. The third-order valence-corrected chi connectivity index (χ3v) is 5.40. The highest BCUT2D eigenvalue weighted by Gasteiger charge is 2.32. The first kappa shape index (κ1) is 21.6. The van der Waals surface area contributed by atoms with Gasteiger partial charge in [0, 0.05) is 11.1 Å². The molecule has 1 aliphatic rings. The quantitative estimate of drug-likeness (QED) is 0.291. The molecule has 0 spiro atoms. The first-order chi connectivity index (χ1) is 15.8. The number of para-hydroxylation sites is 2. The average molecular weight is 425 g/mol. The summed E-state index contributed by atoms with van der Waals surface area (Å²) < 4.78 is 6.07. The number of unbranched alkanes of at least 4 members (excludes halogenated alkanes) is 3. The number of carbonyl (C=O) groups excluding carboxylic acids is 1. The second-order valence-electron chi connectivity index (χ2n) is 7.77. The van der Waals surface area contributed by atoms with E-state index in [4.69, 9.17) is 9.84 Å². The lowest BCUT2D eigenvalue weighted by Crippen LogP contribution is -2.21.